The molecule has 2 aromatic heterocycles. The molecule has 0 radical (unpaired) electrons. The Hall–Kier alpha value is -2.70. The Morgan fingerprint density at radius 2 is 2.26 bits per heavy atom. The van der Waals surface area contributed by atoms with Crippen LogP contribution in [0.5, 0.6) is 0 Å². The van der Waals surface area contributed by atoms with Crippen LogP contribution >= 0.6 is 0 Å². The fraction of sp³-hybridized carbons (Fsp3) is 0.375. The number of nitrogens with zero attached hydrogens (tertiary/aromatic N) is 4. The third-order valence-corrected chi connectivity index (χ3v) is 3.91. The van der Waals surface area contributed by atoms with Gasteiger partial charge in [0.05, 0.1) is 24.7 Å². The predicted octanol–water partition coefficient (Wildman–Crippen LogP) is 1.08. The van der Waals surface area contributed by atoms with E-state index in [1.807, 2.05) is 18.2 Å². The minimum Gasteiger partial charge on any atom is -0.364 e. The second-order valence-electron chi connectivity index (χ2n) is 5.68. The quantitative estimate of drug-likeness (QED) is 0.825. The van der Waals surface area contributed by atoms with E-state index in [1.165, 1.54) is 6.26 Å². The van der Waals surface area contributed by atoms with Crippen LogP contribution in [0.1, 0.15) is 17.8 Å². The van der Waals surface area contributed by atoms with Gasteiger partial charge in [0, 0.05) is 32.3 Å². The van der Waals surface area contributed by atoms with E-state index in [0.29, 0.717) is 25.3 Å². The molecule has 0 aliphatic carbocycles. The first kappa shape index (κ1) is 15.2. The molecule has 1 aliphatic heterocycles. The summed E-state index contributed by atoms with van der Waals surface area (Å²) in [5.74, 6) is -0.378. The summed E-state index contributed by atoms with van der Waals surface area (Å²) in [5, 5.41) is 3.80. The minimum atomic E-state index is -0.317. The fourth-order valence-corrected chi connectivity index (χ4v) is 2.73. The van der Waals surface area contributed by atoms with E-state index in [9.17, 15) is 9.59 Å². The number of carbonyl (C=O) groups excluding carboxylic acids is 2. The molecule has 0 N–H and O–H groups in total. The van der Waals surface area contributed by atoms with Gasteiger partial charge in [-0.05, 0) is 12.1 Å². The number of amides is 2. The molecular weight excluding hydrogens is 296 g/mol. The summed E-state index contributed by atoms with van der Waals surface area (Å²) >= 11 is 0. The van der Waals surface area contributed by atoms with Gasteiger partial charge in [-0.1, -0.05) is 11.2 Å². The Kier molecular flexibility index (Phi) is 4.36. The molecule has 1 saturated heterocycles. The smallest absolute Gasteiger partial charge is 0.228 e. The first-order chi connectivity index (χ1) is 11.1. The molecule has 1 fully saturated rings. The predicted molar refractivity (Wildman–Crippen MR) is 80.7 cm³/mol. The number of pyridine rings is 1. The molecular formula is C16H18N4O3. The molecule has 0 spiro atoms. The molecule has 2 aromatic rings. The molecule has 1 aliphatic rings. The highest BCUT2D eigenvalue weighted by molar-refractivity contribution is 5.89. The zero-order chi connectivity index (χ0) is 16.2. The second-order valence-corrected chi connectivity index (χ2v) is 5.68. The summed E-state index contributed by atoms with van der Waals surface area (Å²) < 4.78 is 4.76. The van der Waals surface area contributed by atoms with Gasteiger partial charge in [0.15, 0.2) is 0 Å². The van der Waals surface area contributed by atoms with Crippen molar-refractivity contribution in [1.82, 2.24) is 19.9 Å². The lowest BCUT2D eigenvalue weighted by atomic mass is 10.1. The maximum Gasteiger partial charge on any atom is 0.228 e. The second kappa shape index (κ2) is 6.60. The van der Waals surface area contributed by atoms with Crippen molar-refractivity contribution in [3.63, 3.8) is 0 Å². The molecule has 0 saturated carbocycles. The van der Waals surface area contributed by atoms with Crippen molar-refractivity contribution < 1.29 is 14.1 Å². The van der Waals surface area contributed by atoms with E-state index in [4.69, 9.17) is 4.52 Å². The van der Waals surface area contributed by atoms with Crippen molar-refractivity contribution in [3.05, 3.63) is 48.1 Å². The van der Waals surface area contributed by atoms with E-state index >= 15 is 0 Å². The maximum atomic E-state index is 12.5. The molecule has 3 heterocycles. The Morgan fingerprint density at radius 1 is 1.39 bits per heavy atom. The third kappa shape index (κ3) is 3.56. The molecule has 23 heavy (non-hydrogen) atoms. The van der Waals surface area contributed by atoms with Gasteiger partial charge < -0.3 is 14.3 Å². The van der Waals surface area contributed by atoms with Crippen molar-refractivity contribution in [3.8, 4) is 0 Å². The lowest BCUT2D eigenvalue weighted by Crippen LogP contribution is -2.34. The van der Waals surface area contributed by atoms with E-state index in [1.54, 1.807) is 29.1 Å². The average Bonchev–Trinajstić information content (AvgIpc) is 3.18. The number of carbonyl (C=O) groups is 2. The van der Waals surface area contributed by atoms with Crippen LogP contribution in [0.2, 0.25) is 0 Å². The van der Waals surface area contributed by atoms with Crippen LogP contribution in [0.15, 0.2) is 41.2 Å². The first-order valence-corrected chi connectivity index (χ1v) is 7.45. The fourth-order valence-electron chi connectivity index (χ4n) is 2.73. The summed E-state index contributed by atoms with van der Waals surface area (Å²) in [4.78, 5) is 32.1. The number of likely N-dealkylation sites (tertiary alicyclic amines) is 1. The van der Waals surface area contributed by atoms with Crippen LogP contribution < -0.4 is 0 Å². The highest BCUT2D eigenvalue weighted by atomic mass is 16.5. The average molecular weight is 314 g/mol. The van der Waals surface area contributed by atoms with E-state index in [0.717, 1.165) is 5.69 Å². The molecule has 0 aromatic carbocycles. The van der Waals surface area contributed by atoms with Crippen LogP contribution in [0.3, 0.4) is 0 Å². The number of rotatable bonds is 5. The number of hydrogen-bond acceptors (Lipinski definition) is 5. The van der Waals surface area contributed by atoms with Crippen LogP contribution in [0.25, 0.3) is 0 Å². The highest BCUT2D eigenvalue weighted by Gasteiger charge is 2.35. The topological polar surface area (TPSA) is 79.5 Å². The van der Waals surface area contributed by atoms with Crippen LogP contribution in [-0.4, -0.2) is 45.3 Å². The molecule has 0 bridgehead atoms. The molecule has 7 heteroatoms. The lowest BCUT2D eigenvalue weighted by Gasteiger charge is -2.20. The molecule has 3 rings (SSSR count). The minimum absolute atomic E-state index is 0.0103. The first-order valence-electron chi connectivity index (χ1n) is 7.45. The van der Waals surface area contributed by atoms with Crippen LogP contribution in [0.4, 0.5) is 0 Å². The Balaban J connectivity index is 1.59. The van der Waals surface area contributed by atoms with Crippen molar-refractivity contribution in [2.24, 2.45) is 5.92 Å². The van der Waals surface area contributed by atoms with Crippen molar-refractivity contribution >= 4 is 11.8 Å². The largest absolute Gasteiger partial charge is 0.364 e. The standard InChI is InChI=1S/C16H18N4O3/c1-19(10-14-5-7-23-18-14)16(22)12-8-15(21)20(9-12)11-13-4-2-3-6-17-13/h2-7,12H,8-11H2,1H3/t12-/m1/s1. The van der Waals surface area contributed by atoms with Gasteiger partial charge in [0.25, 0.3) is 0 Å². The zero-order valence-electron chi connectivity index (χ0n) is 12.9. The van der Waals surface area contributed by atoms with Crippen molar-refractivity contribution in [2.75, 3.05) is 13.6 Å². The van der Waals surface area contributed by atoms with Gasteiger partial charge in [0.1, 0.15) is 12.0 Å². The molecule has 7 nitrogen and oxygen atoms in total. The van der Waals surface area contributed by atoms with Gasteiger partial charge >= 0.3 is 0 Å². The van der Waals surface area contributed by atoms with Crippen molar-refractivity contribution in [1.29, 1.82) is 0 Å². The SMILES string of the molecule is CN(Cc1ccon1)C(=O)[C@@H]1CC(=O)N(Cc2ccccn2)C1. The Morgan fingerprint density at radius 3 is 2.96 bits per heavy atom. The number of aromatic nitrogens is 2. The monoisotopic (exact) mass is 314 g/mol. The zero-order valence-corrected chi connectivity index (χ0v) is 12.9. The molecule has 2 amide bonds. The summed E-state index contributed by atoms with van der Waals surface area (Å²) in [6.07, 6.45) is 3.42. The molecule has 0 unspecified atom stereocenters. The summed E-state index contributed by atoms with van der Waals surface area (Å²) in [6.45, 7) is 1.24. The van der Waals surface area contributed by atoms with Crippen LogP contribution in [-0.2, 0) is 22.7 Å². The molecule has 120 valence electrons. The summed E-state index contributed by atoms with van der Waals surface area (Å²) in [5.41, 5.74) is 1.51. The van der Waals surface area contributed by atoms with Crippen LogP contribution in [0, 0.1) is 5.92 Å². The van der Waals surface area contributed by atoms with Gasteiger partial charge in [-0.25, -0.2) is 0 Å². The van der Waals surface area contributed by atoms with Gasteiger partial charge in [-0.2, -0.15) is 0 Å². The van der Waals surface area contributed by atoms with E-state index < -0.39 is 0 Å². The normalized spacial score (nSPS) is 17.5. The number of hydrogen-bond donors (Lipinski definition) is 0. The Bertz CT molecular complexity index is 672. The van der Waals surface area contributed by atoms with Gasteiger partial charge in [-0.15, -0.1) is 0 Å². The Labute approximate surface area is 133 Å². The maximum absolute atomic E-state index is 12.5. The highest BCUT2D eigenvalue weighted by Crippen LogP contribution is 2.22. The van der Waals surface area contributed by atoms with E-state index in [-0.39, 0.29) is 24.2 Å². The van der Waals surface area contributed by atoms with Gasteiger partial charge in [-0.3, -0.25) is 14.6 Å². The third-order valence-electron chi connectivity index (χ3n) is 3.91. The van der Waals surface area contributed by atoms with Gasteiger partial charge in [0.2, 0.25) is 11.8 Å². The molecule has 1 atom stereocenters. The lowest BCUT2D eigenvalue weighted by molar-refractivity contribution is -0.135. The summed E-state index contributed by atoms with van der Waals surface area (Å²) in [6, 6.07) is 7.31. The van der Waals surface area contributed by atoms with Crippen molar-refractivity contribution in [2.45, 2.75) is 19.5 Å². The summed E-state index contributed by atoms with van der Waals surface area (Å²) in [7, 11) is 1.71. The van der Waals surface area contributed by atoms with E-state index in [2.05, 4.69) is 10.1 Å².